The Morgan fingerprint density at radius 2 is 1.63 bits per heavy atom. The Morgan fingerprint density at radius 3 is 2.32 bits per heavy atom. The van der Waals surface area contributed by atoms with E-state index in [4.69, 9.17) is 0 Å². The second-order valence-electron chi connectivity index (χ2n) is 6.36. The summed E-state index contributed by atoms with van der Waals surface area (Å²) < 4.78 is 25.4. The Bertz CT molecular complexity index is 360. The van der Waals surface area contributed by atoms with Crippen LogP contribution in [0.15, 0.2) is 0 Å². The van der Waals surface area contributed by atoms with Crippen LogP contribution in [0.3, 0.4) is 0 Å². The molecule has 0 saturated heterocycles. The van der Waals surface area contributed by atoms with Crippen molar-refractivity contribution in [1.82, 2.24) is 5.32 Å². The smallest absolute Gasteiger partial charge is 0.154 e. The van der Waals surface area contributed by atoms with Gasteiger partial charge in [0.25, 0.3) is 0 Å². The van der Waals surface area contributed by atoms with Gasteiger partial charge in [0.15, 0.2) is 9.84 Å². The fourth-order valence-corrected chi connectivity index (χ4v) is 6.22. The lowest BCUT2D eigenvalue weighted by Gasteiger charge is -2.32. The molecule has 0 spiro atoms. The molecule has 0 bridgehead atoms. The third-order valence-corrected chi connectivity index (χ3v) is 7.19. The van der Waals surface area contributed by atoms with Crippen molar-refractivity contribution in [3.8, 4) is 0 Å². The van der Waals surface area contributed by atoms with Crippen molar-refractivity contribution in [2.75, 3.05) is 12.3 Å². The summed E-state index contributed by atoms with van der Waals surface area (Å²) in [6.45, 7) is 3.08. The van der Waals surface area contributed by atoms with E-state index in [9.17, 15) is 8.42 Å². The number of nitrogens with one attached hydrogen (secondary N) is 1. The molecule has 0 aliphatic heterocycles. The molecule has 3 nitrogen and oxygen atoms in total. The second kappa shape index (κ2) is 7.07. The molecular formula is C15H29NO2S. The maximum atomic E-state index is 12.7. The van der Waals surface area contributed by atoms with Gasteiger partial charge in [-0.3, -0.25) is 0 Å². The highest BCUT2D eigenvalue weighted by Crippen LogP contribution is 2.31. The topological polar surface area (TPSA) is 46.2 Å². The Labute approximate surface area is 118 Å². The summed E-state index contributed by atoms with van der Waals surface area (Å²) in [6, 6.07) is 0.208. The lowest BCUT2D eigenvalue weighted by Crippen LogP contribution is -2.47. The minimum atomic E-state index is -2.91. The zero-order valence-corrected chi connectivity index (χ0v) is 13.1. The van der Waals surface area contributed by atoms with Crippen molar-refractivity contribution in [3.05, 3.63) is 0 Å². The SMILES string of the molecule is CCCNC1CCCCC1S(=O)(=O)CC1CCCC1. The monoisotopic (exact) mass is 287 g/mol. The Balaban J connectivity index is 1.98. The Hall–Kier alpha value is -0.0900. The molecule has 2 unspecified atom stereocenters. The van der Waals surface area contributed by atoms with Gasteiger partial charge < -0.3 is 5.32 Å². The largest absolute Gasteiger partial charge is 0.313 e. The van der Waals surface area contributed by atoms with Gasteiger partial charge in [-0.2, -0.15) is 0 Å². The zero-order chi connectivity index (χ0) is 13.7. The van der Waals surface area contributed by atoms with Gasteiger partial charge >= 0.3 is 0 Å². The second-order valence-corrected chi connectivity index (χ2v) is 8.63. The van der Waals surface area contributed by atoms with E-state index in [-0.39, 0.29) is 11.3 Å². The van der Waals surface area contributed by atoms with Crippen LogP contribution in [-0.2, 0) is 9.84 Å². The molecule has 0 aromatic carbocycles. The summed E-state index contributed by atoms with van der Waals surface area (Å²) >= 11 is 0. The van der Waals surface area contributed by atoms with E-state index in [0.717, 1.165) is 45.1 Å². The van der Waals surface area contributed by atoms with E-state index in [1.807, 2.05) is 0 Å². The zero-order valence-electron chi connectivity index (χ0n) is 12.2. The van der Waals surface area contributed by atoms with Crippen molar-refractivity contribution in [2.24, 2.45) is 5.92 Å². The molecule has 19 heavy (non-hydrogen) atoms. The molecule has 2 atom stereocenters. The third kappa shape index (κ3) is 4.19. The summed E-state index contributed by atoms with van der Waals surface area (Å²) in [7, 11) is -2.91. The first kappa shape index (κ1) is 15.3. The quantitative estimate of drug-likeness (QED) is 0.817. The molecule has 0 aromatic rings. The van der Waals surface area contributed by atoms with E-state index in [0.29, 0.717) is 11.7 Å². The average molecular weight is 287 g/mol. The van der Waals surface area contributed by atoms with Crippen LogP contribution in [0.25, 0.3) is 0 Å². The molecule has 2 aliphatic carbocycles. The Morgan fingerprint density at radius 1 is 1.00 bits per heavy atom. The van der Waals surface area contributed by atoms with Crippen molar-refractivity contribution >= 4 is 9.84 Å². The summed E-state index contributed by atoms with van der Waals surface area (Å²) in [5.74, 6) is 0.890. The fraction of sp³-hybridized carbons (Fsp3) is 1.00. The molecule has 0 aromatic heterocycles. The minimum Gasteiger partial charge on any atom is -0.313 e. The van der Waals surface area contributed by atoms with Crippen LogP contribution in [0, 0.1) is 5.92 Å². The molecule has 2 saturated carbocycles. The fourth-order valence-electron chi connectivity index (χ4n) is 3.72. The number of rotatable bonds is 6. The van der Waals surface area contributed by atoms with Crippen LogP contribution in [0.4, 0.5) is 0 Å². The van der Waals surface area contributed by atoms with Crippen LogP contribution in [0.5, 0.6) is 0 Å². The maximum Gasteiger partial charge on any atom is 0.154 e. The molecule has 0 heterocycles. The van der Waals surface area contributed by atoms with Gasteiger partial charge in [-0.25, -0.2) is 8.42 Å². The lowest BCUT2D eigenvalue weighted by molar-refractivity contribution is 0.370. The van der Waals surface area contributed by atoms with Crippen LogP contribution < -0.4 is 5.32 Å². The van der Waals surface area contributed by atoms with Gasteiger partial charge in [0.1, 0.15) is 0 Å². The predicted molar refractivity (Wildman–Crippen MR) is 80.1 cm³/mol. The number of hydrogen-bond donors (Lipinski definition) is 1. The van der Waals surface area contributed by atoms with Crippen LogP contribution in [-0.4, -0.2) is 32.0 Å². The van der Waals surface area contributed by atoms with E-state index in [2.05, 4.69) is 12.2 Å². The van der Waals surface area contributed by atoms with Crippen LogP contribution >= 0.6 is 0 Å². The molecule has 112 valence electrons. The molecule has 0 radical (unpaired) electrons. The van der Waals surface area contributed by atoms with E-state index in [1.54, 1.807) is 0 Å². The molecular weight excluding hydrogens is 258 g/mol. The first-order valence-corrected chi connectivity index (χ1v) is 9.80. The first-order chi connectivity index (χ1) is 9.13. The standard InChI is InChI=1S/C15H29NO2S/c1-2-11-16-14-9-5-6-10-15(14)19(17,18)12-13-7-3-4-8-13/h13-16H,2-12H2,1H3. The van der Waals surface area contributed by atoms with Crippen molar-refractivity contribution in [3.63, 3.8) is 0 Å². The van der Waals surface area contributed by atoms with E-state index in [1.165, 1.54) is 19.3 Å². The molecule has 0 amide bonds. The van der Waals surface area contributed by atoms with Crippen molar-refractivity contribution in [2.45, 2.75) is 76.0 Å². The third-order valence-electron chi connectivity index (χ3n) is 4.76. The van der Waals surface area contributed by atoms with Gasteiger partial charge in [-0.1, -0.05) is 32.6 Å². The maximum absolute atomic E-state index is 12.7. The van der Waals surface area contributed by atoms with Crippen molar-refractivity contribution in [1.29, 1.82) is 0 Å². The molecule has 1 N–H and O–H groups in total. The molecule has 2 rings (SSSR count). The van der Waals surface area contributed by atoms with E-state index < -0.39 is 9.84 Å². The van der Waals surface area contributed by atoms with Gasteiger partial charge in [0, 0.05) is 6.04 Å². The predicted octanol–water partition coefficient (Wildman–Crippen LogP) is 2.90. The number of sulfone groups is 1. The highest BCUT2D eigenvalue weighted by Gasteiger charge is 2.36. The summed E-state index contributed by atoms with van der Waals surface area (Å²) in [6.07, 6.45) is 9.94. The highest BCUT2D eigenvalue weighted by atomic mass is 32.2. The van der Waals surface area contributed by atoms with Crippen LogP contribution in [0.1, 0.15) is 64.7 Å². The Kier molecular flexibility index (Phi) is 5.70. The minimum absolute atomic E-state index is 0.117. The normalized spacial score (nSPS) is 29.7. The average Bonchev–Trinajstić information content (AvgIpc) is 2.88. The molecule has 4 heteroatoms. The lowest BCUT2D eigenvalue weighted by atomic mass is 9.95. The highest BCUT2D eigenvalue weighted by molar-refractivity contribution is 7.92. The molecule has 2 fully saturated rings. The molecule has 2 aliphatic rings. The summed E-state index contributed by atoms with van der Waals surface area (Å²) in [5, 5.41) is 3.36. The van der Waals surface area contributed by atoms with Crippen molar-refractivity contribution < 1.29 is 8.42 Å². The van der Waals surface area contributed by atoms with Crippen LogP contribution in [0.2, 0.25) is 0 Å². The van der Waals surface area contributed by atoms with E-state index >= 15 is 0 Å². The van der Waals surface area contributed by atoms with Gasteiger partial charge in [0.2, 0.25) is 0 Å². The van der Waals surface area contributed by atoms with Gasteiger partial charge in [-0.15, -0.1) is 0 Å². The van der Waals surface area contributed by atoms with Gasteiger partial charge in [-0.05, 0) is 44.6 Å². The first-order valence-electron chi connectivity index (χ1n) is 8.08. The summed E-state index contributed by atoms with van der Waals surface area (Å²) in [4.78, 5) is 0. The van der Waals surface area contributed by atoms with Gasteiger partial charge in [0.05, 0.1) is 11.0 Å². The summed E-state index contributed by atoms with van der Waals surface area (Å²) in [5.41, 5.74) is 0. The number of hydrogen-bond acceptors (Lipinski definition) is 3.